The number of halogens is 1. The minimum Gasteiger partial charge on any atom is -0.480 e. The summed E-state index contributed by atoms with van der Waals surface area (Å²) in [5.74, 6) is -1.02. The maximum Gasteiger partial charge on any atom is 0.316 e. The number of fused-ring (bicyclic) bond motifs is 1. The van der Waals surface area contributed by atoms with Gasteiger partial charge in [0.15, 0.2) is 0 Å². The summed E-state index contributed by atoms with van der Waals surface area (Å²) < 4.78 is 0.747. The van der Waals surface area contributed by atoms with Gasteiger partial charge in [0.05, 0.1) is 15.3 Å². The van der Waals surface area contributed by atoms with Crippen molar-refractivity contribution in [2.75, 3.05) is 0 Å². The van der Waals surface area contributed by atoms with Gasteiger partial charge >= 0.3 is 11.7 Å². The minimum absolute atomic E-state index is 0.186. The van der Waals surface area contributed by atoms with E-state index < -0.39 is 16.1 Å². The zero-order valence-corrected chi connectivity index (χ0v) is 12.6. The van der Waals surface area contributed by atoms with Crippen molar-refractivity contribution in [1.82, 2.24) is 4.98 Å². The highest BCUT2D eigenvalue weighted by atomic mass is 79.9. The maximum absolute atomic E-state index is 11.1. The van der Waals surface area contributed by atoms with E-state index in [-0.39, 0.29) is 5.69 Å². The predicted octanol–water partition coefficient (Wildman–Crippen LogP) is 3.47. The largest absolute Gasteiger partial charge is 0.480 e. The molecule has 0 saturated heterocycles. The van der Waals surface area contributed by atoms with Crippen molar-refractivity contribution >= 4 is 50.3 Å². The number of hydrogen-bond donors (Lipinski definition) is 1. The van der Waals surface area contributed by atoms with E-state index in [0.29, 0.717) is 15.8 Å². The van der Waals surface area contributed by atoms with Crippen LogP contribution in [0.25, 0.3) is 10.9 Å². The lowest BCUT2D eigenvalue weighted by molar-refractivity contribution is -0.387. The summed E-state index contributed by atoms with van der Waals surface area (Å²) in [6, 6.07) is 5.20. The van der Waals surface area contributed by atoms with Gasteiger partial charge in [-0.25, -0.2) is 4.98 Å². The highest BCUT2D eigenvalue weighted by Gasteiger charge is 2.23. The molecule has 0 aliphatic heterocycles. The van der Waals surface area contributed by atoms with Crippen LogP contribution in [0.3, 0.4) is 0 Å². The summed E-state index contributed by atoms with van der Waals surface area (Å²) in [7, 11) is 0. The van der Waals surface area contributed by atoms with Crippen molar-refractivity contribution in [2.24, 2.45) is 0 Å². The molecule has 0 bridgehead atoms. The van der Waals surface area contributed by atoms with Crippen LogP contribution in [0.1, 0.15) is 6.92 Å². The summed E-state index contributed by atoms with van der Waals surface area (Å²) >= 11 is 4.24. The summed E-state index contributed by atoms with van der Waals surface area (Å²) in [6.45, 7) is 1.49. The molecule has 0 aliphatic carbocycles. The summed E-state index contributed by atoms with van der Waals surface area (Å²) in [5.41, 5.74) is 0.396. The number of pyridine rings is 1. The molecule has 0 fully saturated rings. The van der Waals surface area contributed by atoms with E-state index in [1.54, 1.807) is 18.2 Å². The number of nitro groups is 1. The first-order chi connectivity index (χ1) is 9.40. The van der Waals surface area contributed by atoms with Crippen LogP contribution in [0.2, 0.25) is 0 Å². The third-order valence-electron chi connectivity index (χ3n) is 2.60. The van der Waals surface area contributed by atoms with Crippen molar-refractivity contribution < 1.29 is 14.8 Å². The van der Waals surface area contributed by atoms with E-state index in [9.17, 15) is 14.9 Å². The smallest absolute Gasteiger partial charge is 0.316 e. The van der Waals surface area contributed by atoms with Gasteiger partial charge in [-0.3, -0.25) is 14.9 Å². The van der Waals surface area contributed by atoms with Gasteiger partial charge in [0.1, 0.15) is 11.4 Å². The highest BCUT2D eigenvalue weighted by molar-refractivity contribution is 9.10. The number of nitrogens with zero attached hydrogens (tertiary/aromatic N) is 2. The monoisotopic (exact) mass is 356 g/mol. The molecule has 1 aromatic heterocycles. The summed E-state index contributed by atoms with van der Waals surface area (Å²) in [5, 5.41) is 19.8. The quantitative estimate of drug-likeness (QED) is 0.512. The molecule has 1 aromatic carbocycles. The molecule has 2 rings (SSSR count). The number of benzene rings is 1. The van der Waals surface area contributed by atoms with E-state index in [4.69, 9.17) is 5.11 Å². The maximum atomic E-state index is 11.1. The van der Waals surface area contributed by atoms with Crippen LogP contribution in [0.15, 0.2) is 33.8 Å². The number of carbonyl (C=O) groups is 1. The number of rotatable bonds is 4. The summed E-state index contributed by atoms with van der Waals surface area (Å²) in [4.78, 5) is 25.9. The normalized spacial score (nSPS) is 12.3. The van der Waals surface area contributed by atoms with Gasteiger partial charge in [-0.1, -0.05) is 15.9 Å². The van der Waals surface area contributed by atoms with Crippen molar-refractivity contribution in [3.05, 3.63) is 39.0 Å². The lowest BCUT2D eigenvalue weighted by atomic mass is 10.2. The SMILES string of the molecule is CC(Sc1c([N+](=O)[O-])cnc2ccc(Br)cc12)C(=O)O. The van der Waals surface area contributed by atoms with Crippen LogP contribution in [-0.4, -0.2) is 26.2 Å². The molecule has 2 aromatic rings. The van der Waals surface area contributed by atoms with Crippen molar-refractivity contribution in [3.8, 4) is 0 Å². The van der Waals surface area contributed by atoms with E-state index in [2.05, 4.69) is 20.9 Å². The fourth-order valence-electron chi connectivity index (χ4n) is 1.61. The van der Waals surface area contributed by atoms with Crippen molar-refractivity contribution in [3.63, 3.8) is 0 Å². The van der Waals surface area contributed by atoms with Crippen molar-refractivity contribution in [1.29, 1.82) is 0 Å². The number of carboxylic acid groups (broad SMARTS) is 1. The highest BCUT2D eigenvalue weighted by Crippen LogP contribution is 2.38. The van der Waals surface area contributed by atoms with Crippen LogP contribution in [0.5, 0.6) is 0 Å². The molecule has 1 unspecified atom stereocenters. The Labute approximate surface area is 126 Å². The molecular weight excluding hydrogens is 348 g/mol. The van der Waals surface area contributed by atoms with Crippen LogP contribution in [0.4, 0.5) is 5.69 Å². The van der Waals surface area contributed by atoms with E-state index >= 15 is 0 Å². The Kier molecular flexibility index (Phi) is 4.24. The fourth-order valence-corrected chi connectivity index (χ4v) is 2.96. The van der Waals surface area contributed by atoms with Crippen LogP contribution < -0.4 is 0 Å². The van der Waals surface area contributed by atoms with Gasteiger partial charge in [0, 0.05) is 9.86 Å². The first-order valence-electron chi connectivity index (χ1n) is 5.52. The molecular formula is C12H9BrN2O4S. The van der Waals surface area contributed by atoms with Gasteiger partial charge in [-0.05, 0) is 25.1 Å². The van der Waals surface area contributed by atoms with Crippen LogP contribution >= 0.6 is 27.7 Å². The van der Waals surface area contributed by atoms with Gasteiger partial charge < -0.3 is 5.11 Å². The summed E-state index contributed by atoms with van der Waals surface area (Å²) in [6.07, 6.45) is 1.16. The molecule has 20 heavy (non-hydrogen) atoms. The number of hydrogen-bond acceptors (Lipinski definition) is 5. The Balaban J connectivity index is 2.67. The first-order valence-corrected chi connectivity index (χ1v) is 7.19. The molecule has 1 heterocycles. The Morgan fingerprint density at radius 1 is 1.55 bits per heavy atom. The first kappa shape index (κ1) is 14.7. The molecule has 104 valence electrons. The topological polar surface area (TPSA) is 93.3 Å². The van der Waals surface area contributed by atoms with Gasteiger partial charge in [0.2, 0.25) is 0 Å². The molecule has 0 radical (unpaired) electrons. The standard InChI is InChI=1S/C12H9BrN2O4S/c1-6(12(16)17)20-11-8-4-7(13)2-3-9(8)14-5-10(11)15(18)19/h2-6H,1H3,(H,16,17). The molecule has 1 atom stereocenters. The van der Waals surface area contributed by atoms with Gasteiger partial charge in [-0.2, -0.15) is 0 Å². The molecule has 0 spiro atoms. The zero-order chi connectivity index (χ0) is 14.9. The fraction of sp³-hybridized carbons (Fsp3) is 0.167. The molecule has 0 aliphatic rings. The second kappa shape index (κ2) is 5.76. The van der Waals surface area contributed by atoms with Crippen LogP contribution in [-0.2, 0) is 4.79 Å². The second-order valence-corrected chi connectivity index (χ2v) is 6.26. The van der Waals surface area contributed by atoms with E-state index in [1.807, 2.05) is 0 Å². The van der Waals surface area contributed by atoms with Crippen molar-refractivity contribution in [2.45, 2.75) is 17.1 Å². The lowest BCUT2D eigenvalue weighted by Crippen LogP contribution is -2.11. The molecule has 0 saturated carbocycles. The van der Waals surface area contributed by atoms with Crippen LogP contribution in [0, 0.1) is 10.1 Å². The average Bonchev–Trinajstić information content (AvgIpc) is 2.38. The van der Waals surface area contributed by atoms with E-state index in [0.717, 1.165) is 22.4 Å². The number of aliphatic carboxylic acids is 1. The Morgan fingerprint density at radius 3 is 2.85 bits per heavy atom. The number of thioether (sulfide) groups is 1. The molecule has 8 heteroatoms. The molecule has 1 N–H and O–H groups in total. The third-order valence-corrected chi connectivity index (χ3v) is 4.31. The van der Waals surface area contributed by atoms with Gasteiger partial charge in [-0.15, -0.1) is 11.8 Å². The van der Waals surface area contributed by atoms with E-state index in [1.165, 1.54) is 6.92 Å². The van der Waals surface area contributed by atoms with Gasteiger partial charge in [0.25, 0.3) is 0 Å². The Hall–Kier alpha value is -1.67. The minimum atomic E-state index is -1.02. The lowest BCUT2D eigenvalue weighted by Gasteiger charge is -2.09. The Bertz CT molecular complexity index is 707. The Morgan fingerprint density at radius 2 is 2.25 bits per heavy atom. The number of aromatic nitrogens is 1. The predicted molar refractivity (Wildman–Crippen MR) is 79.1 cm³/mol. The average molecular weight is 357 g/mol. The molecule has 6 nitrogen and oxygen atoms in total. The zero-order valence-electron chi connectivity index (χ0n) is 10.2. The number of carboxylic acids is 1. The third kappa shape index (κ3) is 2.91. The molecule has 0 amide bonds. The second-order valence-electron chi connectivity index (χ2n) is 3.99.